The monoisotopic (exact) mass is 1310 g/mol. The van der Waals surface area contributed by atoms with Crippen LogP contribution in [0.2, 0.25) is 0 Å². The van der Waals surface area contributed by atoms with Crippen LogP contribution in [-0.4, -0.2) is 109 Å². The van der Waals surface area contributed by atoms with Gasteiger partial charge < -0.3 is 54.2 Å². The molecule has 0 radical (unpaired) electrons. The molecule has 496 valence electrons. The number of sulfonamides is 1. The minimum atomic E-state index is -4.40. The molecule has 0 saturated heterocycles. The van der Waals surface area contributed by atoms with Crippen molar-refractivity contribution in [2.24, 2.45) is 17.8 Å². The van der Waals surface area contributed by atoms with Crippen LogP contribution in [0.25, 0.3) is 44.3 Å². The van der Waals surface area contributed by atoms with E-state index in [1.54, 1.807) is 61.8 Å². The van der Waals surface area contributed by atoms with Gasteiger partial charge in [-0.25, -0.2) is 32.7 Å². The first-order valence-corrected chi connectivity index (χ1v) is 32.7. The lowest BCUT2D eigenvalue weighted by Gasteiger charge is -2.26. The van der Waals surface area contributed by atoms with Crippen LogP contribution in [0.1, 0.15) is 79.2 Å². The number of benzene rings is 6. The molecule has 3 aliphatic carbocycles. The molecular weight excluding hydrogens is 1230 g/mol. The molecule has 95 heavy (non-hydrogen) atoms. The number of aromatic nitrogens is 2. The van der Waals surface area contributed by atoms with Gasteiger partial charge in [0, 0.05) is 83.1 Å². The molecule has 4 amide bonds. The number of aliphatic carboxylic acids is 1. The van der Waals surface area contributed by atoms with Crippen LogP contribution in [-0.2, 0) is 40.5 Å². The third-order valence-electron chi connectivity index (χ3n) is 16.4. The van der Waals surface area contributed by atoms with Gasteiger partial charge in [0.25, 0.3) is 15.9 Å². The zero-order valence-electron chi connectivity index (χ0n) is 54.1. The summed E-state index contributed by atoms with van der Waals surface area (Å²) in [4.78, 5) is 75.2. The fourth-order valence-electron chi connectivity index (χ4n) is 11.7. The number of nitrogens with zero attached hydrogens (tertiary/aromatic N) is 2. The first kappa shape index (κ1) is 67.7. The average molecular weight is 1310 g/mol. The van der Waals surface area contributed by atoms with Crippen LogP contribution >= 0.6 is 0 Å². The highest BCUT2D eigenvalue weighted by atomic mass is 32.2. The second kappa shape index (κ2) is 28.6. The van der Waals surface area contributed by atoms with Crippen molar-refractivity contribution in [3.8, 4) is 51.3 Å². The molecule has 0 unspecified atom stereocenters. The first-order chi connectivity index (χ1) is 45.3. The summed E-state index contributed by atoms with van der Waals surface area (Å²) in [5, 5.41) is 19.7. The zero-order valence-corrected chi connectivity index (χ0v) is 54.9. The van der Waals surface area contributed by atoms with E-state index in [0.717, 1.165) is 33.2 Å². The molecule has 21 nitrogen and oxygen atoms in total. The predicted molar refractivity (Wildman–Crippen MR) is 357 cm³/mol. The number of alkyl carbamates (subject to hydrolysis) is 2. The van der Waals surface area contributed by atoms with Crippen LogP contribution in [0.15, 0.2) is 181 Å². The standard InChI is InChI=1S/C46H48N4O9S.C27H30N2O6/c1-6-31-27-46(31,43(52)50-60(54,55)35-19-13-18-33(22-35)57-28-29-14-9-7-10-15-29)49-42(51)37-23-34(25-40(37)48-44(53)59-45(2,3)4)58-41-26-38(30-16-11-8-12-17-30)47-39-24-32(56-5)20-21-36(39)41;1-27(2,3)35-26(32)29-23-14-18(12-20(23)25(30)31)34-24-15-21(16-8-6-5-7-9-16)28-22-13-17(33-4)10-11-19(22)24/h6-22,24,26,31,34,37,40H,1,23,25,27-28H2,2-5H3,(H,48,53)(H,49,51)(H,50,52);5-11,13,15,18,20,23H,12,14H2,1-4H3,(H,29,32)(H,30,31)/t31-,34-,37-,40+,46-;18-,20-,23+/m11/s1. The molecule has 11 rings (SSSR count). The number of carboxylic acids is 1. The number of pyridine rings is 2. The van der Waals surface area contributed by atoms with Crippen LogP contribution in [0.4, 0.5) is 9.59 Å². The van der Waals surface area contributed by atoms with Crippen molar-refractivity contribution >= 4 is 61.8 Å². The lowest BCUT2D eigenvalue weighted by molar-refractivity contribution is -0.142. The number of methoxy groups -OCH3 is 2. The number of nitrogens with one attached hydrogen (secondary N) is 4. The van der Waals surface area contributed by atoms with E-state index in [0.29, 0.717) is 51.9 Å². The van der Waals surface area contributed by atoms with Gasteiger partial charge in [-0.05, 0) is 103 Å². The Balaban J connectivity index is 0.000000238. The number of carbonyl (C=O) groups excluding carboxylic acids is 4. The average Bonchev–Trinajstić information content (AvgIpc) is 1.59. The van der Waals surface area contributed by atoms with Crippen molar-refractivity contribution in [1.29, 1.82) is 0 Å². The minimum Gasteiger partial charge on any atom is -0.497 e. The Hall–Kier alpha value is -10.2. The molecule has 2 heterocycles. The van der Waals surface area contributed by atoms with Gasteiger partial charge in [-0.1, -0.05) is 103 Å². The number of hydrogen-bond donors (Lipinski definition) is 5. The summed E-state index contributed by atoms with van der Waals surface area (Å²) in [6, 6.07) is 48.0. The van der Waals surface area contributed by atoms with Gasteiger partial charge in [-0.2, -0.15) is 0 Å². The molecule has 5 N–H and O–H groups in total. The first-order valence-electron chi connectivity index (χ1n) is 31.2. The number of carbonyl (C=O) groups is 5. The summed E-state index contributed by atoms with van der Waals surface area (Å²) >= 11 is 0. The predicted octanol–water partition coefficient (Wildman–Crippen LogP) is 12.2. The molecule has 0 aliphatic heterocycles. The highest BCUT2D eigenvalue weighted by Gasteiger charge is 2.61. The summed E-state index contributed by atoms with van der Waals surface area (Å²) < 4.78 is 70.0. The SMILES string of the molecule is C=C[C@@H]1C[C@]1(NC(=O)[C@@H]1C[C@@H](Oc2cc(-c3ccccc3)nc3cc(OC)ccc23)C[C@@H]1NC(=O)OC(C)(C)C)C(=O)NS(=O)(=O)c1cccc(OCc2ccccc2)c1.COc1ccc2c(O[C@H]3C[C@H](NC(=O)OC(C)(C)C)[C@H](C(=O)O)C3)cc(-c3ccccc3)nc2c1. The van der Waals surface area contributed by atoms with Gasteiger partial charge >= 0.3 is 18.2 Å². The normalized spacial score (nSPS) is 20.6. The largest absolute Gasteiger partial charge is 0.497 e. The van der Waals surface area contributed by atoms with Gasteiger partial charge in [-0.15, -0.1) is 6.58 Å². The number of rotatable bonds is 20. The van der Waals surface area contributed by atoms with E-state index in [1.165, 1.54) is 24.3 Å². The van der Waals surface area contributed by atoms with Crippen LogP contribution in [0, 0.1) is 17.8 Å². The molecule has 3 fully saturated rings. The molecule has 8 aromatic rings. The van der Waals surface area contributed by atoms with Gasteiger partial charge in [0.15, 0.2) is 0 Å². The minimum absolute atomic E-state index is 0.120. The third-order valence-corrected chi connectivity index (χ3v) is 17.8. The number of amides is 4. The van der Waals surface area contributed by atoms with E-state index in [-0.39, 0.29) is 37.2 Å². The number of ether oxygens (including phenoxy) is 7. The van der Waals surface area contributed by atoms with Gasteiger partial charge in [0.05, 0.1) is 53.4 Å². The molecule has 0 bridgehead atoms. The van der Waals surface area contributed by atoms with Crippen molar-refractivity contribution in [3.63, 3.8) is 0 Å². The fourth-order valence-corrected chi connectivity index (χ4v) is 12.8. The summed E-state index contributed by atoms with van der Waals surface area (Å²) in [6.07, 6.45) is 0.263. The van der Waals surface area contributed by atoms with E-state index in [2.05, 4.69) is 27.3 Å². The van der Waals surface area contributed by atoms with Crippen LogP contribution in [0.3, 0.4) is 0 Å². The molecule has 22 heteroatoms. The smallest absolute Gasteiger partial charge is 0.407 e. The van der Waals surface area contributed by atoms with Gasteiger partial charge in [0.1, 0.15) is 64.3 Å². The van der Waals surface area contributed by atoms with Gasteiger partial charge in [0.2, 0.25) is 5.91 Å². The van der Waals surface area contributed by atoms with Crippen molar-refractivity contribution in [3.05, 3.63) is 182 Å². The second-order valence-corrected chi connectivity index (χ2v) is 27.4. The molecule has 3 saturated carbocycles. The highest BCUT2D eigenvalue weighted by molar-refractivity contribution is 7.90. The zero-order chi connectivity index (χ0) is 67.8. The maximum Gasteiger partial charge on any atom is 0.407 e. The highest BCUT2D eigenvalue weighted by Crippen LogP contribution is 2.46. The Kier molecular flexibility index (Phi) is 20.3. The van der Waals surface area contributed by atoms with E-state index >= 15 is 0 Å². The molecule has 0 spiro atoms. The lowest BCUT2D eigenvalue weighted by atomic mass is 10.0. The Bertz CT molecular complexity index is 4240. The third kappa shape index (κ3) is 17.0. The number of carboxylic acid groups (broad SMARTS) is 1. The van der Waals surface area contributed by atoms with Crippen molar-refractivity contribution in [1.82, 2.24) is 30.6 Å². The summed E-state index contributed by atoms with van der Waals surface area (Å²) in [5.74, 6) is -1.97. The van der Waals surface area contributed by atoms with Gasteiger partial charge in [-0.3, -0.25) is 14.4 Å². The summed E-state index contributed by atoms with van der Waals surface area (Å²) in [7, 11) is -1.22. The van der Waals surface area contributed by atoms with Crippen LogP contribution in [0.5, 0.6) is 28.7 Å². The maximum absolute atomic E-state index is 14.4. The molecule has 8 atom stereocenters. The van der Waals surface area contributed by atoms with Crippen molar-refractivity contribution in [2.75, 3.05) is 14.2 Å². The van der Waals surface area contributed by atoms with Crippen LogP contribution < -0.4 is 44.4 Å². The van der Waals surface area contributed by atoms with E-state index in [1.807, 2.05) is 140 Å². The van der Waals surface area contributed by atoms with Crippen molar-refractivity contribution in [2.45, 2.75) is 126 Å². The summed E-state index contributed by atoms with van der Waals surface area (Å²) in [6.45, 7) is 14.5. The Labute approximate surface area is 551 Å². The van der Waals surface area contributed by atoms with E-state index < -0.39 is 98.8 Å². The second-order valence-electron chi connectivity index (χ2n) is 25.7. The Morgan fingerprint density at radius 1 is 0.600 bits per heavy atom. The Morgan fingerprint density at radius 2 is 1.08 bits per heavy atom. The van der Waals surface area contributed by atoms with Crippen molar-refractivity contribution < 1.29 is 70.7 Å². The van der Waals surface area contributed by atoms with E-state index in [9.17, 15) is 37.5 Å². The number of fused-ring (bicyclic) bond motifs is 2. The molecule has 6 aromatic carbocycles. The molecular formula is C73H78N6O15S. The quantitative estimate of drug-likeness (QED) is 0.0443. The topological polar surface area (TPSA) is 278 Å². The molecule has 2 aromatic heterocycles. The van der Waals surface area contributed by atoms with E-state index in [4.69, 9.17) is 43.1 Å². The number of hydrogen-bond acceptors (Lipinski definition) is 16. The Morgan fingerprint density at radius 3 is 1.55 bits per heavy atom. The fraction of sp³-hybridized carbons (Fsp3) is 0.329. The molecule has 3 aliphatic rings. The lowest BCUT2D eigenvalue weighted by Crippen LogP contribution is -2.55. The summed E-state index contributed by atoms with van der Waals surface area (Å²) in [5.41, 5.74) is 2.35. The maximum atomic E-state index is 14.4.